The van der Waals surface area contributed by atoms with Crippen LogP contribution in [0.4, 0.5) is 10.5 Å². The minimum absolute atomic E-state index is 0.00699. The summed E-state index contributed by atoms with van der Waals surface area (Å²) >= 11 is 0. The highest BCUT2D eigenvalue weighted by molar-refractivity contribution is 5.93. The van der Waals surface area contributed by atoms with Gasteiger partial charge in [-0.3, -0.25) is 4.79 Å². The Morgan fingerprint density at radius 3 is 2.60 bits per heavy atom. The summed E-state index contributed by atoms with van der Waals surface area (Å²) in [6, 6.07) is 9.39. The Hall–Kier alpha value is -2.04. The predicted octanol–water partition coefficient (Wildman–Crippen LogP) is 2.02. The lowest BCUT2D eigenvalue weighted by atomic mass is 9.97. The number of nitrogens with one attached hydrogen (secondary N) is 1. The van der Waals surface area contributed by atoms with Crippen LogP contribution in [0.2, 0.25) is 0 Å². The molecule has 1 N–H and O–H groups in total. The number of amides is 3. The fourth-order valence-electron chi connectivity index (χ4n) is 2.41. The van der Waals surface area contributed by atoms with Crippen LogP contribution >= 0.6 is 0 Å². The van der Waals surface area contributed by atoms with Crippen LogP contribution < -0.4 is 5.32 Å². The minimum atomic E-state index is -0.132. The molecular formula is C15H21N3O2. The number of anilines is 1. The molecule has 5 nitrogen and oxygen atoms in total. The van der Waals surface area contributed by atoms with Gasteiger partial charge in [0.15, 0.2) is 0 Å². The molecule has 1 saturated heterocycles. The zero-order valence-corrected chi connectivity index (χ0v) is 12.0. The third-order valence-corrected chi connectivity index (χ3v) is 3.49. The second kappa shape index (κ2) is 6.41. The van der Waals surface area contributed by atoms with Gasteiger partial charge in [0.25, 0.3) is 0 Å². The zero-order valence-electron chi connectivity index (χ0n) is 12.0. The van der Waals surface area contributed by atoms with Crippen molar-refractivity contribution in [3.63, 3.8) is 0 Å². The molecule has 1 unspecified atom stereocenters. The number of likely N-dealkylation sites (tertiary alicyclic amines) is 1. The van der Waals surface area contributed by atoms with Crippen LogP contribution in [0, 0.1) is 5.92 Å². The van der Waals surface area contributed by atoms with E-state index in [9.17, 15) is 9.59 Å². The summed E-state index contributed by atoms with van der Waals surface area (Å²) in [5.41, 5.74) is 0.800. The van der Waals surface area contributed by atoms with Crippen LogP contribution in [-0.2, 0) is 4.79 Å². The van der Waals surface area contributed by atoms with Gasteiger partial charge in [0, 0.05) is 32.9 Å². The average molecular weight is 275 g/mol. The highest BCUT2D eigenvalue weighted by Gasteiger charge is 2.29. The van der Waals surface area contributed by atoms with E-state index in [2.05, 4.69) is 5.32 Å². The van der Waals surface area contributed by atoms with Gasteiger partial charge in [-0.2, -0.15) is 0 Å². The van der Waals surface area contributed by atoms with E-state index in [4.69, 9.17) is 0 Å². The van der Waals surface area contributed by atoms with Gasteiger partial charge < -0.3 is 15.1 Å². The van der Waals surface area contributed by atoms with E-state index in [-0.39, 0.29) is 17.9 Å². The standard InChI is InChI=1S/C15H21N3O2/c1-17(2)15(20)18-10-6-7-12(11-18)14(19)16-13-8-4-3-5-9-13/h3-5,8-9,12H,6-7,10-11H2,1-2H3,(H,16,19). The SMILES string of the molecule is CN(C)C(=O)N1CCCC(C(=O)Nc2ccccc2)C1. The number of benzene rings is 1. The topological polar surface area (TPSA) is 52.7 Å². The molecule has 2 rings (SSSR count). The predicted molar refractivity (Wildman–Crippen MR) is 78.5 cm³/mol. The number of urea groups is 1. The number of carbonyl (C=O) groups is 2. The second-order valence-corrected chi connectivity index (χ2v) is 5.32. The highest BCUT2D eigenvalue weighted by Crippen LogP contribution is 2.19. The molecule has 1 heterocycles. The van der Waals surface area contributed by atoms with Crippen molar-refractivity contribution >= 4 is 17.6 Å². The van der Waals surface area contributed by atoms with Crippen molar-refractivity contribution in [1.29, 1.82) is 0 Å². The molecule has 1 aliphatic heterocycles. The molecule has 0 aromatic heterocycles. The lowest BCUT2D eigenvalue weighted by molar-refractivity contribution is -0.121. The molecule has 1 aromatic carbocycles. The van der Waals surface area contributed by atoms with E-state index < -0.39 is 0 Å². The van der Waals surface area contributed by atoms with E-state index in [1.54, 1.807) is 23.9 Å². The van der Waals surface area contributed by atoms with Gasteiger partial charge in [-0.15, -0.1) is 0 Å². The second-order valence-electron chi connectivity index (χ2n) is 5.32. The summed E-state index contributed by atoms with van der Waals surface area (Å²) in [5.74, 6) is -0.139. The third-order valence-electron chi connectivity index (χ3n) is 3.49. The number of carbonyl (C=O) groups excluding carboxylic acids is 2. The third kappa shape index (κ3) is 3.50. The molecule has 108 valence electrons. The Morgan fingerprint density at radius 1 is 1.25 bits per heavy atom. The summed E-state index contributed by atoms with van der Waals surface area (Å²) in [4.78, 5) is 27.5. The van der Waals surface area contributed by atoms with Gasteiger partial charge >= 0.3 is 6.03 Å². The molecule has 0 bridgehead atoms. The van der Waals surface area contributed by atoms with Crippen molar-refractivity contribution in [3.05, 3.63) is 30.3 Å². The first-order valence-electron chi connectivity index (χ1n) is 6.90. The summed E-state index contributed by atoms with van der Waals surface area (Å²) in [7, 11) is 3.46. The lowest BCUT2D eigenvalue weighted by Crippen LogP contribution is -2.47. The Labute approximate surface area is 119 Å². The molecule has 1 aliphatic rings. The fourth-order valence-corrected chi connectivity index (χ4v) is 2.41. The molecule has 20 heavy (non-hydrogen) atoms. The summed E-state index contributed by atoms with van der Waals surface area (Å²) < 4.78 is 0. The summed E-state index contributed by atoms with van der Waals surface area (Å²) in [5, 5.41) is 2.91. The summed E-state index contributed by atoms with van der Waals surface area (Å²) in [6.07, 6.45) is 1.70. The average Bonchev–Trinajstić information content (AvgIpc) is 2.47. The Bertz CT molecular complexity index is 473. The zero-order chi connectivity index (χ0) is 14.5. The van der Waals surface area contributed by atoms with Crippen LogP contribution in [0.3, 0.4) is 0 Å². The maximum Gasteiger partial charge on any atom is 0.319 e. The minimum Gasteiger partial charge on any atom is -0.331 e. The van der Waals surface area contributed by atoms with Crippen molar-refractivity contribution in [2.24, 2.45) is 5.92 Å². The first kappa shape index (κ1) is 14.4. The Balaban J connectivity index is 1.95. The Kier molecular flexibility index (Phi) is 4.61. The van der Waals surface area contributed by atoms with Gasteiger partial charge in [-0.05, 0) is 25.0 Å². The largest absolute Gasteiger partial charge is 0.331 e. The Morgan fingerprint density at radius 2 is 1.95 bits per heavy atom. The van der Waals surface area contributed by atoms with E-state index in [1.165, 1.54) is 0 Å². The smallest absolute Gasteiger partial charge is 0.319 e. The molecular weight excluding hydrogens is 254 g/mol. The van der Waals surface area contributed by atoms with Gasteiger partial charge in [0.1, 0.15) is 0 Å². The number of hydrogen-bond acceptors (Lipinski definition) is 2. The summed E-state index contributed by atoms with van der Waals surface area (Å²) in [6.45, 7) is 1.22. The van der Waals surface area contributed by atoms with E-state index >= 15 is 0 Å². The van der Waals surface area contributed by atoms with Crippen LogP contribution in [-0.4, -0.2) is 48.9 Å². The van der Waals surface area contributed by atoms with Crippen molar-refractivity contribution in [1.82, 2.24) is 9.80 Å². The van der Waals surface area contributed by atoms with Crippen LogP contribution in [0.15, 0.2) is 30.3 Å². The van der Waals surface area contributed by atoms with Crippen molar-refractivity contribution in [2.75, 3.05) is 32.5 Å². The number of nitrogens with zero attached hydrogens (tertiary/aromatic N) is 2. The van der Waals surface area contributed by atoms with Gasteiger partial charge in [0.05, 0.1) is 5.92 Å². The molecule has 1 atom stereocenters. The number of piperidine rings is 1. The van der Waals surface area contributed by atoms with Crippen molar-refractivity contribution < 1.29 is 9.59 Å². The molecule has 0 saturated carbocycles. The number of hydrogen-bond donors (Lipinski definition) is 1. The quantitative estimate of drug-likeness (QED) is 0.897. The van der Waals surface area contributed by atoms with Crippen LogP contribution in [0.1, 0.15) is 12.8 Å². The molecule has 1 fully saturated rings. The van der Waals surface area contributed by atoms with Crippen LogP contribution in [0.5, 0.6) is 0 Å². The lowest BCUT2D eigenvalue weighted by Gasteiger charge is -2.33. The van der Waals surface area contributed by atoms with Gasteiger partial charge in [-0.1, -0.05) is 18.2 Å². The molecule has 0 spiro atoms. The fraction of sp³-hybridized carbons (Fsp3) is 0.467. The molecule has 0 aliphatic carbocycles. The maximum absolute atomic E-state index is 12.2. The van der Waals surface area contributed by atoms with E-state index in [0.29, 0.717) is 6.54 Å². The molecule has 5 heteroatoms. The molecule has 0 radical (unpaired) electrons. The van der Waals surface area contributed by atoms with Crippen molar-refractivity contribution in [2.45, 2.75) is 12.8 Å². The number of para-hydroxylation sites is 1. The molecule has 3 amide bonds. The van der Waals surface area contributed by atoms with E-state index in [1.807, 2.05) is 30.3 Å². The first-order valence-corrected chi connectivity index (χ1v) is 6.90. The van der Waals surface area contributed by atoms with Gasteiger partial charge in [-0.25, -0.2) is 4.79 Å². The first-order chi connectivity index (χ1) is 9.58. The monoisotopic (exact) mass is 275 g/mol. The van der Waals surface area contributed by atoms with E-state index in [0.717, 1.165) is 25.1 Å². The number of rotatable bonds is 2. The van der Waals surface area contributed by atoms with Crippen LogP contribution in [0.25, 0.3) is 0 Å². The normalized spacial score (nSPS) is 18.5. The maximum atomic E-state index is 12.2. The molecule has 1 aromatic rings. The van der Waals surface area contributed by atoms with Gasteiger partial charge in [0.2, 0.25) is 5.91 Å². The highest BCUT2D eigenvalue weighted by atomic mass is 16.2. The van der Waals surface area contributed by atoms with Crippen molar-refractivity contribution in [3.8, 4) is 0 Å².